The largest absolute Gasteiger partial charge is 0.503 e. The van der Waals surface area contributed by atoms with Gasteiger partial charge in [-0.3, -0.25) is 14.5 Å². The van der Waals surface area contributed by atoms with Gasteiger partial charge in [0.25, 0.3) is 5.91 Å². The normalized spacial score (nSPS) is 16.2. The lowest BCUT2D eigenvalue weighted by molar-refractivity contribution is -0.137. The fourth-order valence-corrected chi connectivity index (χ4v) is 3.71. The maximum absolute atomic E-state index is 13.3. The number of ketones is 1. The molecule has 0 aliphatic carbocycles. The smallest absolute Gasteiger partial charge is 0.416 e. The Morgan fingerprint density at radius 1 is 1.06 bits per heavy atom. The number of carbonyl (C=O) groups is 3. The predicted molar refractivity (Wildman–Crippen MR) is 112 cm³/mol. The molecule has 1 amide bonds. The highest BCUT2D eigenvalue weighted by atomic mass is 19.4. The zero-order valence-electron chi connectivity index (χ0n) is 17.5. The number of nitrogens with zero attached hydrogens (tertiary/aromatic N) is 1. The van der Waals surface area contributed by atoms with Crippen LogP contribution in [0.15, 0.2) is 82.7 Å². The van der Waals surface area contributed by atoms with Gasteiger partial charge in [-0.1, -0.05) is 18.2 Å². The van der Waals surface area contributed by atoms with Gasteiger partial charge in [0.2, 0.25) is 5.78 Å². The van der Waals surface area contributed by atoms with E-state index in [1.165, 1.54) is 55.8 Å². The number of furan rings is 1. The number of aliphatic hydroxyl groups is 1. The van der Waals surface area contributed by atoms with Crippen molar-refractivity contribution in [2.75, 3.05) is 12.0 Å². The Kier molecular flexibility index (Phi) is 5.74. The van der Waals surface area contributed by atoms with E-state index in [2.05, 4.69) is 4.74 Å². The number of halogens is 3. The van der Waals surface area contributed by atoms with E-state index >= 15 is 0 Å². The molecule has 4 rings (SSSR count). The minimum absolute atomic E-state index is 0.170. The molecule has 0 spiro atoms. The van der Waals surface area contributed by atoms with Crippen molar-refractivity contribution in [3.8, 4) is 0 Å². The highest BCUT2D eigenvalue weighted by Crippen LogP contribution is 2.43. The van der Waals surface area contributed by atoms with Crippen LogP contribution >= 0.6 is 0 Å². The van der Waals surface area contributed by atoms with Crippen LogP contribution < -0.4 is 4.90 Å². The van der Waals surface area contributed by atoms with Crippen molar-refractivity contribution in [2.45, 2.75) is 12.2 Å². The summed E-state index contributed by atoms with van der Waals surface area (Å²) in [7, 11) is 1.20. The van der Waals surface area contributed by atoms with Gasteiger partial charge in [-0.25, -0.2) is 4.79 Å². The Bertz CT molecular complexity index is 1290. The number of anilines is 1. The molecule has 0 saturated heterocycles. The maximum atomic E-state index is 13.3. The van der Waals surface area contributed by atoms with Gasteiger partial charge in [0.1, 0.15) is 0 Å². The number of ether oxygens (including phenoxy) is 1. The van der Waals surface area contributed by atoms with E-state index in [-0.39, 0.29) is 28.1 Å². The number of methoxy groups -OCH3 is 1. The van der Waals surface area contributed by atoms with Crippen molar-refractivity contribution in [3.05, 3.63) is 101 Å². The molecule has 0 bridgehead atoms. The van der Waals surface area contributed by atoms with E-state index in [9.17, 15) is 32.7 Å². The maximum Gasteiger partial charge on any atom is 0.416 e. The van der Waals surface area contributed by atoms with Crippen LogP contribution in [0.2, 0.25) is 0 Å². The monoisotopic (exact) mass is 471 g/mol. The average molecular weight is 471 g/mol. The van der Waals surface area contributed by atoms with Crippen molar-refractivity contribution in [2.24, 2.45) is 0 Å². The first-order valence-electron chi connectivity index (χ1n) is 9.84. The molecule has 1 aromatic heterocycles. The Morgan fingerprint density at radius 3 is 2.35 bits per heavy atom. The molecule has 7 nitrogen and oxygen atoms in total. The molecule has 174 valence electrons. The Hall–Kier alpha value is -4.34. The Labute approximate surface area is 190 Å². The third-order valence-corrected chi connectivity index (χ3v) is 5.30. The fraction of sp³-hybridized carbons (Fsp3) is 0.125. The van der Waals surface area contributed by atoms with Crippen molar-refractivity contribution < 1.29 is 41.8 Å². The van der Waals surface area contributed by atoms with E-state index < -0.39 is 41.2 Å². The number of alkyl halides is 3. The topological polar surface area (TPSA) is 97.0 Å². The van der Waals surface area contributed by atoms with Crippen LogP contribution in [0.5, 0.6) is 0 Å². The number of hydrogen-bond donors (Lipinski definition) is 1. The van der Waals surface area contributed by atoms with E-state index in [0.717, 1.165) is 23.1 Å². The Balaban J connectivity index is 1.87. The molecule has 2 aromatic carbocycles. The molecule has 1 N–H and O–H groups in total. The molecule has 10 heteroatoms. The first-order valence-corrected chi connectivity index (χ1v) is 9.84. The van der Waals surface area contributed by atoms with Gasteiger partial charge >= 0.3 is 12.1 Å². The summed E-state index contributed by atoms with van der Waals surface area (Å²) in [5.41, 5.74) is -1.13. The number of esters is 1. The quantitative estimate of drug-likeness (QED) is 0.421. The summed E-state index contributed by atoms with van der Waals surface area (Å²) in [4.78, 5) is 38.8. The molecule has 1 aliphatic rings. The van der Waals surface area contributed by atoms with Crippen LogP contribution in [0, 0.1) is 0 Å². The van der Waals surface area contributed by atoms with Crippen molar-refractivity contribution in [3.63, 3.8) is 0 Å². The average Bonchev–Trinajstić information content (AvgIpc) is 3.45. The zero-order valence-corrected chi connectivity index (χ0v) is 17.5. The molecule has 0 fully saturated rings. The van der Waals surface area contributed by atoms with Gasteiger partial charge in [0, 0.05) is 5.69 Å². The summed E-state index contributed by atoms with van der Waals surface area (Å²) in [6.07, 6.45) is -3.45. The second-order valence-corrected chi connectivity index (χ2v) is 7.31. The number of rotatable bonds is 5. The van der Waals surface area contributed by atoms with Gasteiger partial charge in [-0.05, 0) is 48.0 Å². The van der Waals surface area contributed by atoms with Crippen LogP contribution in [-0.2, 0) is 15.7 Å². The summed E-state index contributed by atoms with van der Waals surface area (Å²) in [6.45, 7) is 0. The first-order chi connectivity index (χ1) is 16.1. The van der Waals surface area contributed by atoms with Crippen LogP contribution in [-0.4, -0.2) is 29.9 Å². The van der Waals surface area contributed by atoms with Crippen molar-refractivity contribution in [1.82, 2.24) is 0 Å². The van der Waals surface area contributed by atoms with Gasteiger partial charge in [0.15, 0.2) is 11.5 Å². The lowest BCUT2D eigenvalue weighted by Gasteiger charge is -2.27. The third kappa shape index (κ3) is 3.94. The predicted octanol–water partition coefficient (Wildman–Crippen LogP) is 4.87. The molecule has 2 heterocycles. The number of amides is 1. The third-order valence-electron chi connectivity index (χ3n) is 5.30. The van der Waals surface area contributed by atoms with Crippen LogP contribution in [0.3, 0.4) is 0 Å². The molecule has 0 radical (unpaired) electrons. The zero-order chi connectivity index (χ0) is 24.6. The van der Waals surface area contributed by atoms with E-state index in [4.69, 9.17) is 4.42 Å². The van der Waals surface area contributed by atoms with Gasteiger partial charge in [0.05, 0.1) is 36.1 Å². The molecule has 34 heavy (non-hydrogen) atoms. The van der Waals surface area contributed by atoms with Crippen molar-refractivity contribution >= 4 is 23.3 Å². The lowest BCUT2D eigenvalue weighted by Crippen LogP contribution is -2.31. The van der Waals surface area contributed by atoms with E-state index in [0.29, 0.717) is 0 Å². The summed E-state index contributed by atoms with van der Waals surface area (Å²) in [5, 5.41) is 10.6. The molecule has 0 saturated carbocycles. The molecule has 1 unspecified atom stereocenters. The Morgan fingerprint density at radius 2 is 1.76 bits per heavy atom. The number of hydrogen-bond acceptors (Lipinski definition) is 6. The second-order valence-electron chi connectivity index (χ2n) is 7.31. The summed E-state index contributed by atoms with van der Waals surface area (Å²) in [6, 6.07) is 11.0. The van der Waals surface area contributed by atoms with E-state index in [1.807, 2.05) is 0 Å². The molecular formula is C24H16F3NO6. The van der Waals surface area contributed by atoms with Gasteiger partial charge < -0.3 is 14.3 Å². The van der Waals surface area contributed by atoms with Crippen LogP contribution in [0.4, 0.5) is 18.9 Å². The van der Waals surface area contributed by atoms with Crippen LogP contribution in [0.1, 0.15) is 38.1 Å². The molecule has 1 atom stereocenters. The first kappa shape index (κ1) is 22.8. The minimum Gasteiger partial charge on any atom is -0.503 e. The summed E-state index contributed by atoms with van der Waals surface area (Å²) < 4.78 is 49.7. The molecule has 3 aromatic rings. The number of Topliss-reactive ketones (excluding diaryl/α,β-unsaturated/α-hetero) is 1. The van der Waals surface area contributed by atoms with Crippen LogP contribution in [0.25, 0.3) is 0 Å². The SMILES string of the molecule is COC(=O)c1ccc(C2C(C(=O)c3ccco3)=C(O)C(=O)N2c2cccc(C(F)(F)F)c2)cc1. The van der Waals surface area contributed by atoms with Crippen molar-refractivity contribution in [1.29, 1.82) is 0 Å². The fourth-order valence-electron chi connectivity index (χ4n) is 3.71. The standard InChI is InChI=1S/C24H16F3NO6/c1-33-23(32)14-9-7-13(8-10-14)19-18(20(29)17-6-3-11-34-17)21(30)22(31)28(19)16-5-2-4-15(12-16)24(25,26)27/h2-12,19,30H,1H3. The minimum atomic E-state index is -4.68. The summed E-state index contributed by atoms with van der Waals surface area (Å²) >= 11 is 0. The number of benzene rings is 2. The van der Waals surface area contributed by atoms with E-state index in [1.54, 1.807) is 0 Å². The van der Waals surface area contributed by atoms with Gasteiger partial charge in [-0.2, -0.15) is 13.2 Å². The lowest BCUT2D eigenvalue weighted by atomic mass is 9.94. The summed E-state index contributed by atoms with van der Waals surface area (Å²) in [5.74, 6) is -3.59. The highest BCUT2D eigenvalue weighted by Gasteiger charge is 2.45. The molecular weight excluding hydrogens is 455 g/mol. The number of aliphatic hydroxyl groups excluding tert-OH is 1. The highest BCUT2D eigenvalue weighted by molar-refractivity contribution is 6.20. The number of carbonyl (C=O) groups excluding carboxylic acids is 3. The molecule has 1 aliphatic heterocycles. The second kappa shape index (κ2) is 8.54. The van der Waals surface area contributed by atoms with Gasteiger partial charge in [-0.15, -0.1) is 0 Å².